The van der Waals surface area contributed by atoms with E-state index in [0.717, 1.165) is 5.56 Å². The lowest BCUT2D eigenvalue weighted by Gasteiger charge is -2.23. The van der Waals surface area contributed by atoms with Crippen molar-refractivity contribution in [3.63, 3.8) is 0 Å². The lowest BCUT2D eigenvalue weighted by molar-refractivity contribution is -0.384. The van der Waals surface area contributed by atoms with Crippen molar-refractivity contribution in [2.24, 2.45) is 5.73 Å². The number of rotatable bonds is 6. The van der Waals surface area contributed by atoms with Crippen molar-refractivity contribution in [1.29, 1.82) is 0 Å². The van der Waals surface area contributed by atoms with Crippen LogP contribution in [-0.2, 0) is 6.54 Å². The van der Waals surface area contributed by atoms with E-state index in [1.54, 1.807) is 12.3 Å². The molecule has 0 fully saturated rings. The van der Waals surface area contributed by atoms with Gasteiger partial charge in [-0.3, -0.25) is 15.1 Å². The van der Waals surface area contributed by atoms with Gasteiger partial charge in [0.2, 0.25) is 0 Å². The van der Waals surface area contributed by atoms with E-state index in [0.29, 0.717) is 25.3 Å². The lowest BCUT2D eigenvalue weighted by atomic mass is 10.2. The maximum atomic E-state index is 11.1. The van der Waals surface area contributed by atoms with Crippen molar-refractivity contribution in [2.75, 3.05) is 18.0 Å². The summed E-state index contributed by atoms with van der Waals surface area (Å²) in [5.74, 6) is 0. The van der Waals surface area contributed by atoms with Crippen molar-refractivity contribution < 1.29 is 4.92 Å². The number of nitrogens with two attached hydrogens (primary N) is 1. The van der Waals surface area contributed by atoms with Gasteiger partial charge in [-0.2, -0.15) is 0 Å². The minimum Gasteiger partial charge on any atom is -0.360 e. The molecule has 0 saturated heterocycles. The van der Waals surface area contributed by atoms with Gasteiger partial charge in [-0.15, -0.1) is 0 Å². The van der Waals surface area contributed by atoms with Gasteiger partial charge in [-0.05, 0) is 11.6 Å². The molecule has 104 valence electrons. The second-order valence-corrected chi connectivity index (χ2v) is 4.32. The first kappa shape index (κ1) is 14.0. The molecule has 0 unspecified atom stereocenters. The summed E-state index contributed by atoms with van der Waals surface area (Å²) in [4.78, 5) is 16.4. The van der Waals surface area contributed by atoms with Crippen LogP contribution >= 0.6 is 0 Å². The summed E-state index contributed by atoms with van der Waals surface area (Å²) in [6, 6.07) is 11.4. The number of nitro groups is 1. The molecule has 20 heavy (non-hydrogen) atoms. The van der Waals surface area contributed by atoms with Crippen molar-refractivity contribution in [3.05, 3.63) is 64.5 Å². The summed E-state index contributed by atoms with van der Waals surface area (Å²) in [6.07, 6.45) is 2.82. The minimum atomic E-state index is -0.420. The fraction of sp³-hybridized carbons (Fsp3) is 0.214. The third-order valence-corrected chi connectivity index (χ3v) is 2.93. The Bertz CT molecular complexity index is 574. The van der Waals surface area contributed by atoms with E-state index in [9.17, 15) is 10.1 Å². The van der Waals surface area contributed by atoms with Gasteiger partial charge in [0.05, 0.1) is 4.92 Å². The normalized spacial score (nSPS) is 10.2. The van der Waals surface area contributed by atoms with Gasteiger partial charge >= 0.3 is 5.69 Å². The summed E-state index contributed by atoms with van der Waals surface area (Å²) in [5, 5.41) is 11.1. The molecule has 0 aliphatic heterocycles. The summed E-state index contributed by atoms with van der Waals surface area (Å²) in [6.45, 7) is 1.54. The van der Waals surface area contributed by atoms with Crippen molar-refractivity contribution >= 4 is 11.4 Å². The molecule has 0 radical (unpaired) electrons. The third kappa shape index (κ3) is 3.30. The largest absolute Gasteiger partial charge is 0.360 e. The lowest BCUT2D eigenvalue weighted by Crippen LogP contribution is -2.29. The van der Waals surface area contributed by atoms with E-state index >= 15 is 0 Å². The number of aromatic nitrogens is 1. The number of anilines is 1. The fourth-order valence-electron chi connectivity index (χ4n) is 2.03. The Morgan fingerprint density at radius 2 is 2.00 bits per heavy atom. The second kappa shape index (κ2) is 6.63. The van der Waals surface area contributed by atoms with E-state index in [1.165, 1.54) is 6.20 Å². The molecule has 0 amide bonds. The zero-order valence-corrected chi connectivity index (χ0v) is 11.0. The molecule has 0 saturated carbocycles. The quantitative estimate of drug-likeness (QED) is 0.641. The van der Waals surface area contributed by atoms with Gasteiger partial charge < -0.3 is 10.6 Å². The van der Waals surface area contributed by atoms with E-state index in [2.05, 4.69) is 4.98 Å². The van der Waals surface area contributed by atoms with Crippen LogP contribution < -0.4 is 10.6 Å². The first-order valence-corrected chi connectivity index (χ1v) is 6.29. The topological polar surface area (TPSA) is 85.3 Å². The molecular formula is C14H16N4O2. The van der Waals surface area contributed by atoms with Crippen LogP contribution in [0.25, 0.3) is 0 Å². The van der Waals surface area contributed by atoms with E-state index < -0.39 is 4.92 Å². The molecule has 6 nitrogen and oxygen atoms in total. The van der Waals surface area contributed by atoms with Gasteiger partial charge in [0.25, 0.3) is 0 Å². The number of hydrogen-bond donors (Lipinski definition) is 1. The molecule has 1 heterocycles. The standard InChI is InChI=1S/C14H16N4O2/c15-7-9-17(11-12-4-2-1-3-5-12)13-6-8-16-10-14(13)18(19)20/h1-6,8,10H,7,9,11,15H2. The van der Waals surface area contributed by atoms with Crippen molar-refractivity contribution in [2.45, 2.75) is 6.54 Å². The number of nitrogens with zero attached hydrogens (tertiary/aromatic N) is 3. The second-order valence-electron chi connectivity index (χ2n) is 4.32. The molecular weight excluding hydrogens is 256 g/mol. The van der Waals surface area contributed by atoms with Crippen molar-refractivity contribution in [1.82, 2.24) is 4.98 Å². The highest BCUT2D eigenvalue weighted by molar-refractivity contribution is 5.61. The van der Waals surface area contributed by atoms with Crippen LogP contribution in [-0.4, -0.2) is 23.0 Å². The van der Waals surface area contributed by atoms with Crippen LogP contribution in [0.5, 0.6) is 0 Å². The molecule has 6 heteroatoms. The van der Waals surface area contributed by atoms with Crippen LogP contribution in [0.3, 0.4) is 0 Å². The average Bonchev–Trinajstić information content (AvgIpc) is 2.48. The zero-order chi connectivity index (χ0) is 14.4. The Morgan fingerprint density at radius 1 is 1.25 bits per heavy atom. The number of pyridine rings is 1. The highest BCUT2D eigenvalue weighted by Crippen LogP contribution is 2.27. The SMILES string of the molecule is NCCN(Cc1ccccc1)c1ccncc1[N+](=O)[O-]. The van der Waals surface area contributed by atoms with E-state index in [4.69, 9.17) is 5.73 Å². The molecule has 0 spiro atoms. The highest BCUT2D eigenvalue weighted by atomic mass is 16.6. The Balaban J connectivity index is 2.31. The highest BCUT2D eigenvalue weighted by Gasteiger charge is 2.19. The summed E-state index contributed by atoms with van der Waals surface area (Å²) in [7, 11) is 0. The molecule has 1 aromatic heterocycles. The maximum Gasteiger partial charge on any atom is 0.310 e. The van der Waals surface area contributed by atoms with Gasteiger partial charge in [0, 0.05) is 25.8 Å². The molecule has 2 N–H and O–H groups in total. The molecule has 2 rings (SSSR count). The Hall–Kier alpha value is -2.47. The molecule has 0 atom stereocenters. The average molecular weight is 272 g/mol. The Morgan fingerprint density at radius 3 is 2.65 bits per heavy atom. The molecule has 0 aliphatic rings. The Labute approximate surface area is 117 Å². The summed E-state index contributed by atoms with van der Waals surface area (Å²) < 4.78 is 0. The first-order chi connectivity index (χ1) is 9.72. The van der Waals surface area contributed by atoms with Crippen LogP contribution in [0.2, 0.25) is 0 Å². The van der Waals surface area contributed by atoms with Gasteiger partial charge in [-0.1, -0.05) is 30.3 Å². The molecule has 2 aromatic rings. The van der Waals surface area contributed by atoms with Crippen LogP contribution in [0, 0.1) is 10.1 Å². The van der Waals surface area contributed by atoms with Gasteiger partial charge in [-0.25, -0.2) is 0 Å². The molecule has 0 bridgehead atoms. The molecule has 1 aromatic carbocycles. The minimum absolute atomic E-state index is 0.00289. The third-order valence-electron chi connectivity index (χ3n) is 2.93. The Kier molecular flexibility index (Phi) is 4.62. The van der Waals surface area contributed by atoms with Crippen LogP contribution in [0.15, 0.2) is 48.8 Å². The summed E-state index contributed by atoms with van der Waals surface area (Å²) >= 11 is 0. The monoisotopic (exact) mass is 272 g/mol. The van der Waals surface area contributed by atoms with Gasteiger partial charge in [0.1, 0.15) is 11.9 Å². The maximum absolute atomic E-state index is 11.1. The smallest absolute Gasteiger partial charge is 0.310 e. The number of hydrogen-bond acceptors (Lipinski definition) is 5. The number of benzene rings is 1. The summed E-state index contributed by atoms with van der Waals surface area (Å²) in [5.41, 5.74) is 7.23. The first-order valence-electron chi connectivity index (χ1n) is 6.29. The van der Waals surface area contributed by atoms with Crippen LogP contribution in [0.1, 0.15) is 5.56 Å². The predicted molar refractivity (Wildman–Crippen MR) is 77.4 cm³/mol. The van der Waals surface area contributed by atoms with Crippen molar-refractivity contribution in [3.8, 4) is 0 Å². The van der Waals surface area contributed by atoms with Gasteiger partial charge in [0.15, 0.2) is 0 Å². The predicted octanol–water partition coefficient (Wildman–Crippen LogP) is 1.96. The van der Waals surface area contributed by atoms with Crippen LogP contribution in [0.4, 0.5) is 11.4 Å². The van der Waals surface area contributed by atoms with E-state index in [1.807, 2.05) is 35.2 Å². The fourth-order valence-corrected chi connectivity index (χ4v) is 2.03. The zero-order valence-electron chi connectivity index (χ0n) is 11.0. The molecule has 0 aliphatic carbocycles. The van der Waals surface area contributed by atoms with E-state index in [-0.39, 0.29) is 5.69 Å².